The molecule has 0 amide bonds. The Hall–Kier alpha value is -2.42. The number of benzene rings is 1. The molecule has 2 aromatic rings. The summed E-state index contributed by atoms with van der Waals surface area (Å²) in [6.45, 7) is 3.78. The summed E-state index contributed by atoms with van der Waals surface area (Å²) >= 11 is 0. The predicted molar refractivity (Wildman–Crippen MR) is 108 cm³/mol. The topological polar surface area (TPSA) is 63.4 Å². The van der Waals surface area contributed by atoms with E-state index >= 15 is 0 Å². The fourth-order valence-corrected chi connectivity index (χ4v) is 5.67. The second-order valence-corrected chi connectivity index (χ2v) is 8.35. The van der Waals surface area contributed by atoms with Crippen LogP contribution in [0.3, 0.4) is 0 Å². The number of nitriles is 1. The van der Waals surface area contributed by atoms with Crippen LogP contribution in [0.2, 0.25) is 0 Å². The number of pyridine rings is 1. The second kappa shape index (κ2) is 6.88. The normalized spacial score (nSPS) is 26.4. The zero-order valence-corrected chi connectivity index (χ0v) is 16.1. The fourth-order valence-electron chi connectivity index (χ4n) is 5.67. The summed E-state index contributed by atoms with van der Waals surface area (Å²) in [6.07, 6.45) is 5.60. The summed E-state index contributed by atoms with van der Waals surface area (Å²) in [5, 5.41) is 21.0. The summed E-state index contributed by atoms with van der Waals surface area (Å²) in [5.74, 6) is 0.775. The molecule has 1 aromatic carbocycles. The lowest BCUT2D eigenvalue weighted by Crippen LogP contribution is -2.50. The minimum Gasteiger partial charge on any atom is -0.390 e. The predicted octanol–water partition coefficient (Wildman–Crippen LogP) is 3.00. The highest BCUT2D eigenvalue weighted by Gasteiger charge is 2.54. The Labute approximate surface area is 166 Å². The monoisotopic (exact) mass is 374 g/mol. The Bertz CT molecular complexity index is 907. The molecule has 3 heterocycles. The standard InChI is InChI=1S/C23H26N4O/c24-16-17-6-5-11-25-22(17)27-14-9-23(10-15-27)19-8-2-1-7-18(19)20(21(23)28)26-12-3-4-13-26/h1-2,5-8,11,20-21,28H,3-4,9-10,12-15H2/t20-,21+/m1/s1. The number of likely N-dealkylation sites (tertiary alicyclic amines) is 1. The Morgan fingerprint density at radius 2 is 1.79 bits per heavy atom. The first kappa shape index (κ1) is 17.7. The van der Waals surface area contributed by atoms with Gasteiger partial charge in [0.25, 0.3) is 0 Å². The molecule has 0 radical (unpaired) electrons. The highest BCUT2D eigenvalue weighted by Crippen LogP contribution is 2.53. The van der Waals surface area contributed by atoms with Crippen LogP contribution >= 0.6 is 0 Å². The van der Waals surface area contributed by atoms with E-state index < -0.39 is 0 Å². The Kier molecular flexibility index (Phi) is 4.34. The van der Waals surface area contributed by atoms with Crippen LogP contribution in [-0.4, -0.2) is 47.3 Å². The Morgan fingerprint density at radius 1 is 1.04 bits per heavy atom. The number of anilines is 1. The molecule has 2 fully saturated rings. The van der Waals surface area contributed by atoms with Gasteiger partial charge in [0.05, 0.1) is 17.7 Å². The molecule has 144 valence electrons. The minimum atomic E-state index is -0.371. The van der Waals surface area contributed by atoms with Crippen LogP contribution in [-0.2, 0) is 5.41 Å². The molecule has 0 bridgehead atoms. The quantitative estimate of drug-likeness (QED) is 0.875. The maximum absolute atomic E-state index is 11.6. The van der Waals surface area contributed by atoms with Gasteiger partial charge in [-0.1, -0.05) is 24.3 Å². The van der Waals surface area contributed by atoms with E-state index in [0.29, 0.717) is 5.56 Å². The summed E-state index contributed by atoms with van der Waals surface area (Å²) in [5.41, 5.74) is 3.09. The van der Waals surface area contributed by atoms with Gasteiger partial charge in [0, 0.05) is 24.7 Å². The average Bonchev–Trinajstić information content (AvgIpc) is 3.35. The number of hydrogen-bond donors (Lipinski definition) is 1. The van der Waals surface area contributed by atoms with Gasteiger partial charge in [-0.05, 0) is 62.0 Å². The summed E-state index contributed by atoms with van der Waals surface area (Å²) in [6, 6.07) is 14.7. The van der Waals surface area contributed by atoms with E-state index in [9.17, 15) is 10.4 Å². The maximum Gasteiger partial charge on any atom is 0.146 e. The van der Waals surface area contributed by atoms with Gasteiger partial charge in [0.1, 0.15) is 11.9 Å². The first-order chi connectivity index (χ1) is 13.7. The van der Waals surface area contributed by atoms with Crippen LogP contribution in [0.1, 0.15) is 48.4 Å². The lowest BCUT2D eigenvalue weighted by Gasteiger charge is -2.44. The molecule has 3 aliphatic rings. The lowest BCUT2D eigenvalue weighted by atomic mass is 9.72. The van der Waals surface area contributed by atoms with Gasteiger partial charge in [-0.25, -0.2) is 4.98 Å². The molecule has 0 unspecified atom stereocenters. The van der Waals surface area contributed by atoms with Gasteiger partial charge < -0.3 is 10.0 Å². The molecule has 5 nitrogen and oxygen atoms in total. The van der Waals surface area contributed by atoms with E-state index in [1.807, 2.05) is 12.1 Å². The summed E-state index contributed by atoms with van der Waals surface area (Å²) < 4.78 is 0. The number of aliphatic hydroxyl groups excluding tert-OH is 1. The smallest absolute Gasteiger partial charge is 0.146 e. The van der Waals surface area contributed by atoms with Crippen LogP contribution in [0.5, 0.6) is 0 Å². The van der Waals surface area contributed by atoms with Gasteiger partial charge in [-0.15, -0.1) is 0 Å². The van der Waals surface area contributed by atoms with Crippen LogP contribution in [0.25, 0.3) is 0 Å². The van der Waals surface area contributed by atoms with Gasteiger partial charge in [-0.3, -0.25) is 4.90 Å². The van der Waals surface area contributed by atoms with Crippen LogP contribution in [0.15, 0.2) is 42.6 Å². The van der Waals surface area contributed by atoms with E-state index in [0.717, 1.165) is 44.8 Å². The number of aromatic nitrogens is 1. The van der Waals surface area contributed by atoms with Crippen molar-refractivity contribution < 1.29 is 5.11 Å². The number of fused-ring (bicyclic) bond motifs is 2. The molecule has 2 aliphatic heterocycles. The van der Waals surface area contributed by atoms with Crippen molar-refractivity contribution in [1.82, 2.24) is 9.88 Å². The number of piperidine rings is 1. The fraction of sp³-hybridized carbons (Fsp3) is 0.478. The molecule has 5 rings (SSSR count). The molecular formula is C23H26N4O. The zero-order chi connectivity index (χ0) is 19.1. The third kappa shape index (κ3) is 2.56. The maximum atomic E-state index is 11.6. The van der Waals surface area contributed by atoms with Crippen molar-refractivity contribution in [2.45, 2.75) is 43.2 Å². The van der Waals surface area contributed by atoms with Gasteiger partial charge in [-0.2, -0.15) is 5.26 Å². The average molecular weight is 374 g/mol. The number of rotatable bonds is 2. The third-order valence-corrected chi connectivity index (χ3v) is 7.08. The zero-order valence-electron chi connectivity index (χ0n) is 16.1. The van der Waals surface area contributed by atoms with Crippen molar-refractivity contribution in [1.29, 1.82) is 5.26 Å². The second-order valence-electron chi connectivity index (χ2n) is 8.35. The van der Waals surface area contributed by atoms with Crippen molar-refractivity contribution >= 4 is 5.82 Å². The van der Waals surface area contributed by atoms with Crippen molar-refractivity contribution in [3.05, 3.63) is 59.3 Å². The molecule has 1 aliphatic carbocycles. The number of hydrogen-bond acceptors (Lipinski definition) is 5. The van der Waals surface area contributed by atoms with Crippen LogP contribution < -0.4 is 4.90 Å². The SMILES string of the molecule is N#Cc1cccnc1N1CCC2(CC1)c1ccccc1[C@@H](N1CCCC1)[C@@H]2O. The Morgan fingerprint density at radius 3 is 2.54 bits per heavy atom. The molecular weight excluding hydrogens is 348 g/mol. The summed E-state index contributed by atoms with van der Waals surface area (Å²) in [7, 11) is 0. The van der Waals surface area contributed by atoms with E-state index in [2.05, 4.69) is 45.1 Å². The molecule has 1 aromatic heterocycles. The minimum absolute atomic E-state index is 0.120. The molecule has 0 saturated carbocycles. The molecule has 5 heteroatoms. The number of nitrogens with zero attached hydrogens (tertiary/aromatic N) is 4. The molecule has 1 spiro atoms. The highest BCUT2D eigenvalue weighted by molar-refractivity contribution is 5.55. The lowest BCUT2D eigenvalue weighted by molar-refractivity contribution is 0.00811. The van der Waals surface area contributed by atoms with Crippen LogP contribution in [0, 0.1) is 11.3 Å². The highest BCUT2D eigenvalue weighted by atomic mass is 16.3. The van der Waals surface area contributed by atoms with Crippen LogP contribution in [0.4, 0.5) is 5.82 Å². The molecule has 2 saturated heterocycles. The first-order valence-electron chi connectivity index (χ1n) is 10.4. The molecule has 28 heavy (non-hydrogen) atoms. The van der Waals surface area contributed by atoms with Gasteiger partial charge >= 0.3 is 0 Å². The van der Waals surface area contributed by atoms with Gasteiger partial charge in [0.2, 0.25) is 0 Å². The van der Waals surface area contributed by atoms with E-state index in [4.69, 9.17) is 0 Å². The van der Waals surface area contributed by atoms with Gasteiger partial charge in [0.15, 0.2) is 0 Å². The Balaban J connectivity index is 1.46. The van der Waals surface area contributed by atoms with Crippen molar-refractivity contribution in [3.63, 3.8) is 0 Å². The molecule has 1 N–H and O–H groups in total. The molecule has 2 atom stereocenters. The number of aliphatic hydroxyl groups is 1. The summed E-state index contributed by atoms with van der Waals surface area (Å²) in [4.78, 5) is 9.16. The third-order valence-electron chi connectivity index (χ3n) is 7.08. The van der Waals surface area contributed by atoms with E-state index in [1.54, 1.807) is 6.20 Å². The van der Waals surface area contributed by atoms with Crippen molar-refractivity contribution in [2.75, 3.05) is 31.1 Å². The van der Waals surface area contributed by atoms with Crippen molar-refractivity contribution in [3.8, 4) is 6.07 Å². The van der Waals surface area contributed by atoms with E-state index in [-0.39, 0.29) is 17.6 Å². The first-order valence-corrected chi connectivity index (χ1v) is 10.4. The van der Waals surface area contributed by atoms with Crippen molar-refractivity contribution in [2.24, 2.45) is 0 Å². The largest absolute Gasteiger partial charge is 0.390 e. The van der Waals surface area contributed by atoms with E-state index in [1.165, 1.54) is 24.0 Å².